The third-order valence-electron chi connectivity index (χ3n) is 2.89. The van der Waals surface area contributed by atoms with Crippen LogP contribution in [0, 0.1) is 17.0 Å². The lowest BCUT2D eigenvalue weighted by Crippen LogP contribution is -2.24. The number of allylic oxidation sites excluding steroid dienone is 1. The van der Waals surface area contributed by atoms with Crippen LogP contribution >= 0.6 is 0 Å². The van der Waals surface area contributed by atoms with E-state index in [1.165, 1.54) is 22.9 Å². The summed E-state index contributed by atoms with van der Waals surface area (Å²) in [7, 11) is 0. The molecule has 3 heterocycles. The molecule has 0 fully saturated rings. The molecule has 3 rings (SSSR count). The van der Waals surface area contributed by atoms with E-state index in [1.54, 1.807) is 6.92 Å². The van der Waals surface area contributed by atoms with Crippen LogP contribution in [0.15, 0.2) is 28.3 Å². The Bertz CT molecular complexity index is 774. The molecule has 1 aliphatic heterocycles. The number of carboxylic acid groups (broad SMARTS) is 1. The van der Waals surface area contributed by atoms with Gasteiger partial charge in [-0.05, 0) is 19.1 Å². The van der Waals surface area contributed by atoms with Crippen LogP contribution in [0.2, 0.25) is 0 Å². The molecule has 0 radical (unpaired) electrons. The highest BCUT2D eigenvalue weighted by atomic mass is 16.6. The summed E-state index contributed by atoms with van der Waals surface area (Å²) in [6, 6.07) is 1.89. The van der Waals surface area contributed by atoms with Crippen molar-refractivity contribution >= 4 is 17.8 Å². The second-order valence-corrected chi connectivity index (χ2v) is 4.32. The van der Waals surface area contributed by atoms with Crippen LogP contribution < -0.4 is 5.32 Å². The standard InChI is InChI=1S/C11H9N5O5/c1-5-12-11-13-6(10(17)18)4-7(15(11)14-5)8-2-3-9(21-8)16(19)20/h2-4,7H,1H3,(H,17,18)(H,12,13,14)/t7-/m1/s1. The fourth-order valence-electron chi connectivity index (χ4n) is 2.03. The predicted octanol–water partition coefficient (Wildman–Crippen LogP) is 1.07. The molecule has 0 amide bonds. The molecule has 0 aliphatic carbocycles. The van der Waals surface area contributed by atoms with E-state index in [0.29, 0.717) is 5.82 Å². The predicted molar refractivity (Wildman–Crippen MR) is 67.6 cm³/mol. The van der Waals surface area contributed by atoms with Crippen molar-refractivity contribution in [2.24, 2.45) is 0 Å². The number of carboxylic acids is 1. The molecule has 10 nitrogen and oxygen atoms in total. The average molecular weight is 291 g/mol. The molecule has 0 unspecified atom stereocenters. The maximum absolute atomic E-state index is 11.1. The maximum Gasteiger partial charge on any atom is 0.433 e. The molecule has 2 aromatic heterocycles. The fourth-order valence-corrected chi connectivity index (χ4v) is 2.03. The molecule has 1 atom stereocenters. The smallest absolute Gasteiger partial charge is 0.433 e. The van der Waals surface area contributed by atoms with Crippen LogP contribution in [0.1, 0.15) is 17.6 Å². The number of hydrogen-bond acceptors (Lipinski definition) is 7. The Morgan fingerprint density at radius 1 is 1.57 bits per heavy atom. The van der Waals surface area contributed by atoms with Crippen LogP contribution in [0.4, 0.5) is 11.8 Å². The number of nitrogens with one attached hydrogen (secondary N) is 1. The Balaban J connectivity index is 2.09. The van der Waals surface area contributed by atoms with Crippen molar-refractivity contribution in [2.45, 2.75) is 13.0 Å². The van der Waals surface area contributed by atoms with E-state index < -0.39 is 22.8 Å². The molecule has 2 aromatic rings. The number of carbonyl (C=O) groups is 1. The summed E-state index contributed by atoms with van der Waals surface area (Å²) in [6.07, 6.45) is 1.35. The van der Waals surface area contributed by atoms with Crippen LogP contribution in [-0.2, 0) is 4.79 Å². The van der Waals surface area contributed by atoms with Gasteiger partial charge in [0.2, 0.25) is 5.95 Å². The topological polar surface area (TPSA) is 136 Å². The van der Waals surface area contributed by atoms with Crippen LogP contribution in [-0.4, -0.2) is 30.8 Å². The van der Waals surface area contributed by atoms with Gasteiger partial charge in [-0.15, -0.1) is 0 Å². The van der Waals surface area contributed by atoms with Crippen molar-refractivity contribution in [3.8, 4) is 0 Å². The van der Waals surface area contributed by atoms with E-state index in [2.05, 4.69) is 15.4 Å². The largest absolute Gasteiger partial charge is 0.477 e. The molecule has 10 heteroatoms. The number of aromatic nitrogens is 3. The number of hydrogen-bond donors (Lipinski definition) is 2. The highest BCUT2D eigenvalue weighted by Crippen LogP contribution is 2.31. The zero-order chi connectivity index (χ0) is 15.1. The third-order valence-corrected chi connectivity index (χ3v) is 2.89. The first-order valence-corrected chi connectivity index (χ1v) is 5.85. The molecule has 0 saturated heterocycles. The second kappa shape index (κ2) is 4.44. The Hall–Kier alpha value is -3.17. The van der Waals surface area contributed by atoms with Crippen LogP contribution in [0.3, 0.4) is 0 Å². The van der Waals surface area contributed by atoms with Crippen LogP contribution in [0.5, 0.6) is 0 Å². The first kappa shape index (κ1) is 12.8. The summed E-state index contributed by atoms with van der Waals surface area (Å²) in [5.41, 5.74) is -0.0982. The van der Waals surface area contributed by atoms with Gasteiger partial charge in [0.05, 0.1) is 6.07 Å². The Morgan fingerprint density at radius 2 is 2.33 bits per heavy atom. The number of nitrogens with zero attached hydrogens (tertiary/aromatic N) is 4. The summed E-state index contributed by atoms with van der Waals surface area (Å²) in [5.74, 6) is -0.728. The number of anilines is 1. The SMILES string of the molecule is Cc1nc2n(n1)[C@@H](c1ccc([N+](=O)[O-])o1)C=C(C(=O)O)N2. The van der Waals surface area contributed by atoms with Gasteiger partial charge < -0.3 is 14.8 Å². The number of fused-ring (bicyclic) bond motifs is 1. The molecule has 21 heavy (non-hydrogen) atoms. The van der Waals surface area contributed by atoms with Gasteiger partial charge in [-0.3, -0.25) is 10.1 Å². The van der Waals surface area contributed by atoms with E-state index in [-0.39, 0.29) is 17.4 Å². The van der Waals surface area contributed by atoms with Crippen molar-refractivity contribution in [2.75, 3.05) is 5.32 Å². The molecule has 0 aromatic carbocycles. The third kappa shape index (κ3) is 2.12. The van der Waals surface area contributed by atoms with E-state index in [1.807, 2.05) is 0 Å². The number of aryl methyl sites for hydroxylation is 1. The van der Waals surface area contributed by atoms with Gasteiger partial charge in [0.15, 0.2) is 0 Å². The molecule has 108 valence electrons. The van der Waals surface area contributed by atoms with Gasteiger partial charge in [0.1, 0.15) is 28.2 Å². The van der Waals surface area contributed by atoms with Crippen molar-refractivity contribution in [3.05, 3.63) is 45.6 Å². The molecule has 2 N–H and O–H groups in total. The highest BCUT2D eigenvalue weighted by Gasteiger charge is 2.29. The summed E-state index contributed by atoms with van der Waals surface area (Å²) >= 11 is 0. The van der Waals surface area contributed by atoms with Gasteiger partial charge in [-0.2, -0.15) is 10.1 Å². The lowest BCUT2D eigenvalue weighted by atomic mass is 10.1. The zero-order valence-corrected chi connectivity index (χ0v) is 10.7. The van der Waals surface area contributed by atoms with E-state index in [4.69, 9.17) is 9.52 Å². The molecular weight excluding hydrogens is 282 g/mol. The van der Waals surface area contributed by atoms with Gasteiger partial charge in [0.25, 0.3) is 0 Å². The number of aliphatic carboxylic acids is 1. The van der Waals surface area contributed by atoms with E-state index in [0.717, 1.165) is 0 Å². The number of nitro groups is 1. The molecular formula is C11H9N5O5. The lowest BCUT2D eigenvalue weighted by Gasteiger charge is -2.20. The fraction of sp³-hybridized carbons (Fsp3) is 0.182. The Morgan fingerprint density at radius 3 is 2.95 bits per heavy atom. The first-order chi connectivity index (χ1) is 9.95. The first-order valence-electron chi connectivity index (χ1n) is 5.85. The number of rotatable bonds is 3. The molecule has 0 bridgehead atoms. The quantitative estimate of drug-likeness (QED) is 0.633. The Kier molecular flexibility index (Phi) is 2.71. The maximum atomic E-state index is 11.1. The van der Waals surface area contributed by atoms with Crippen molar-refractivity contribution in [1.82, 2.24) is 14.8 Å². The summed E-state index contributed by atoms with van der Waals surface area (Å²) in [6.45, 7) is 1.65. The summed E-state index contributed by atoms with van der Waals surface area (Å²) in [4.78, 5) is 25.2. The lowest BCUT2D eigenvalue weighted by molar-refractivity contribution is -0.402. The summed E-state index contributed by atoms with van der Waals surface area (Å²) in [5, 5.41) is 26.5. The van der Waals surface area contributed by atoms with Crippen molar-refractivity contribution in [1.29, 1.82) is 0 Å². The van der Waals surface area contributed by atoms with Crippen molar-refractivity contribution < 1.29 is 19.2 Å². The highest BCUT2D eigenvalue weighted by molar-refractivity contribution is 5.90. The molecule has 1 aliphatic rings. The monoisotopic (exact) mass is 291 g/mol. The minimum absolute atomic E-state index is 0.0982. The minimum Gasteiger partial charge on any atom is -0.477 e. The van der Waals surface area contributed by atoms with Crippen molar-refractivity contribution in [3.63, 3.8) is 0 Å². The normalized spacial score (nSPS) is 16.8. The number of furan rings is 1. The second-order valence-electron chi connectivity index (χ2n) is 4.32. The zero-order valence-electron chi connectivity index (χ0n) is 10.7. The van der Waals surface area contributed by atoms with Gasteiger partial charge in [-0.25, -0.2) is 9.48 Å². The molecule has 0 spiro atoms. The van der Waals surface area contributed by atoms with Crippen LogP contribution in [0.25, 0.3) is 0 Å². The van der Waals surface area contributed by atoms with E-state index >= 15 is 0 Å². The van der Waals surface area contributed by atoms with E-state index in [9.17, 15) is 14.9 Å². The van der Waals surface area contributed by atoms with Gasteiger partial charge >= 0.3 is 11.9 Å². The average Bonchev–Trinajstić information content (AvgIpc) is 3.02. The van der Waals surface area contributed by atoms with Gasteiger partial charge in [-0.1, -0.05) is 0 Å². The summed E-state index contributed by atoms with van der Waals surface area (Å²) < 4.78 is 6.53. The Labute approximate surface area is 116 Å². The molecule has 0 saturated carbocycles. The van der Waals surface area contributed by atoms with Gasteiger partial charge in [0, 0.05) is 0 Å². The minimum atomic E-state index is -1.17.